The summed E-state index contributed by atoms with van der Waals surface area (Å²) in [5.41, 5.74) is 1.39. The number of aromatic nitrogens is 4. The second-order valence-corrected chi connectivity index (χ2v) is 11.1. The molecule has 0 radical (unpaired) electrons. The lowest BCUT2D eigenvalue weighted by Gasteiger charge is -2.23. The minimum atomic E-state index is -1.40. The third-order valence-electron chi connectivity index (χ3n) is 5.17. The van der Waals surface area contributed by atoms with Gasteiger partial charge in [0.1, 0.15) is 29.4 Å². The van der Waals surface area contributed by atoms with Crippen molar-refractivity contribution >= 4 is 62.6 Å². The number of halogens is 4. The van der Waals surface area contributed by atoms with Crippen LogP contribution in [-0.4, -0.2) is 42.6 Å². The highest BCUT2D eigenvalue weighted by molar-refractivity contribution is 14.1. The molecule has 0 aliphatic carbocycles. The standard InChI is InChI=1S/C22H20F2I2N6O/c1-12(2)19-27-8-13(9-28-19)21(33)31-18-17(15-7-14(23)3-4-16(15)25)29-11-30-20(18)32-6-5-22(24,26)10-32/h3-4,7-9,11-12H,5-6,10H2,1-2H3,(H,31,33). The molecule has 1 atom stereocenters. The molecule has 1 unspecified atom stereocenters. The van der Waals surface area contributed by atoms with Crippen molar-refractivity contribution in [3.05, 3.63) is 57.7 Å². The number of alkyl halides is 2. The number of anilines is 2. The van der Waals surface area contributed by atoms with Gasteiger partial charge in [-0.05, 0) is 63.4 Å². The fraction of sp³-hybridized carbons (Fsp3) is 0.318. The molecule has 3 aromatic rings. The van der Waals surface area contributed by atoms with Crippen molar-refractivity contribution in [3.63, 3.8) is 0 Å². The lowest BCUT2D eigenvalue weighted by molar-refractivity contribution is 0.102. The van der Waals surface area contributed by atoms with Gasteiger partial charge in [-0.15, -0.1) is 0 Å². The van der Waals surface area contributed by atoms with Gasteiger partial charge >= 0.3 is 0 Å². The van der Waals surface area contributed by atoms with Crippen molar-refractivity contribution in [1.29, 1.82) is 0 Å². The van der Waals surface area contributed by atoms with E-state index in [1.165, 1.54) is 30.9 Å². The van der Waals surface area contributed by atoms with Crippen molar-refractivity contribution in [3.8, 4) is 11.3 Å². The number of amides is 1. The molecule has 0 spiro atoms. The van der Waals surface area contributed by atoms with E-state index in [2.05, 4.69) is 47.8 Å². The molecule has 7 nitrogen and oxygen atoms in total. The molecule has 0 saturated carbocycles. The minimum absolute atomic E-state index is 0.110. The van der Waals surface area contributed by atoms with Crippen LogP contribution in [0.1, 0.15) is 42.4 Å². The topological polar surface area (TPSA) is 83.9 Å². The van der Waals surface area contributed by atoms with E-state index in [0.29, 0.717) is 35.9 Å². The van der Waals surface area contributed by atoms with Crippen LogP contribution in [0, 0.1) is 9.39 Å². The van der Waals surface area contributed by atoms with Gasteiger partial charge in [-0.1, -0.05) is 13.8 Å². The molecule has 1 saturated heterocycles. The Balaban J connectivity index is 1.78. The van der Waals surface area contributed by atoms with Crippen LogP contribution < -0.4 is 10.2 Å². The van der Waals surface area contributed by atoms with E-state index in [0.717, 1.165) is 3.57 Å². The Morgan fingerprint density at radius 1 is 1.21 bits per heavy atom. The minimum Gasteiger partial charge on any atom is -0.351 e. The van der Waals surface area contributed by atoms with Crippen molar-refractivity contribution in [1.82, 2.24) is 19.9 Å². The quantitative estimate of drug-likeness (QED) is 0.290. The van der Waals surface area contributed by atoms with Gasteiger partial charge in [0.05, 0.1) is 12.1 Å². The van der Waals surface area contributed by atoms with Crippen molar-refractivity contribution in [2.24, 2.45) is 0 Å². The molecule has 33 heavy (non-hydrogen) atoms. The van der Waals surface area contributed by atoms with Crippen LogP contribution in [-0.2, 0) is 0 Å². The van der Waals surface area contributed by atoms with Crippen LogP contribution in [0.3, 0.4) is 0 Å². The Kier molecular flexibility index (Phi) is 7.07. The first-order chi connectivity index (χ1) is 15.6. The lowest BCUT2D eigenvalue weighted by atomic mass is 10.1. The van der Waals surface area contributed by atoms with Gasteiger partial charge in [-0.25, -0.2) is 28.7 Å². The average molecular weight is 676 g/mol. The summed E-state index contributed by atoms with van der Waals surface area (Å²) in [6.07, 6.45) is 4.58. The van der Waals surface area contributed by atoms with E-state index in [-0.39, 0.29) is 23.7 Å². The van der Waals surface area contributed by atoms with Crippen LogP contribution in [0.2, 0.25) is 0 Å². The fourth-order valence-electron chi connectivity index (χ4n) is 3.47. The molecule has 1 N–H and O–H groups in total. The van der Waals surface area contributed by atoms with Gasteiger partial charge in [0.2, 0.25) is 0 Å². The van der Waals surface area contributed by atoms with E-state index in [4.69, 9.17) is 0 Å². The summed E-state index contributed by atoms with van der Waals surface area (Å²) in [7, 11) is 0. The largest absolute Gasteiger partial charge is 0.351 e. The zero-order chi connectivity index (χ0) is 23.8. The number of nitrogens with zero attached hydrogens (tertiary/aromatic N) is 5. The van der Waals surface area contributed by atoms with Gasteiger partial charge in [0.25, 0.3) is 5.91 Å². The summed E-state index contributed by atoms with van der Waals surface area (Å²) < 4.78 is 28.0. The Hall–Kier alpha value is -2.03. The zero-order valence-corrected chi connectivity index (χ0v) is 22.1. The van der Waals surface area contributed by atoms with E-state index in [1.54, 1.807) is 33.6 Å². The Bertz CT molecular complexity index is 1190. The van der Waals surface area contributed by atoms with Crippen LogP contribution in [0.4, 0.5) is 20.3 Å². The van der Waals surface area contributed by atoms with Crippen LogP contribution >= 0.6 is 45.2 Å². The molecule has 4 rings (SSSR count). The molecule has 1 fully saturated rings. The van der Waals surface area contributed by atoms with Gasteiger partial charge in [0, 0.05) is 40.4 Å². The number of nitrogens with one attached hydrogen (secondary N) is 1. The summed E-state index contributed by atoms with van der Waals surface area (Å²) in [4.78, 5) is 32.1. The first-order valence-corrected chi connectivity index (χ1v) is 12.4. The van der Waals surface area contributed by atoms with Gasteiger partial charge in [0.15, 0.2) is 9.49 Å². The highest BCUT2D eigenvalue weighted by Gasteiger charge is 2.37. The summed E-state index contributed by atoms with van der Waals surface area (Å²) >= 11 is 3.87. The molecule has 1 aliphatic heterocycles. The SMILES string of the molecule is CC(C)c1ncc(C(=O)Nc2c(-c3cc(F)ccc3I)ncnc2N2CCC(F)(I)C2)cn1. The molecule has 172 valence electrons. The van der Waals surface area contributed by atoms with Gasteiger partial charge < -0.3 is 10.2 Å². The molecule has 2 aromatic heterocycles. The van der Waals surface area contributed by atoms with Crippen molar-refractivity contribution < 1.29 is 13.6 Å². The predicted molar refractivity (Wildman–Crippen MR) is 139 cm³/mol. The number of carbonyl (C=O) groups is 1. The summed E-state index contributed by atoms with van der Waals surface area (Å²) in [6, 6.07) is 4.34. The van der Waals surface area contributed by atoms with Crippen molar-refractivity contribution in [2.45, 2.75) is 29.9 Å². The monoisotopic (exact) mass is 676 g/mol. The van der Waals surface area contributed by atoms with E-state index in [1.807, 2.05) is 13.8 Å². The molecular weight excluding hydrogens is 656 g/mol. The Morgan fingerprint density at radius 2 is 1.94 bits per heavy atom. The van der Waals surface area contributed by atoms with E-state index in [9.17, 15) is 13.6 Å². The predicted octanol–water partition coefficient (Wildman–Crippen LogP) is 5.36. The van der Waals surface area contributed by atoms with Gasteiger partial charge in [-0.2, -0.15) is 0 Å². The second-order valence-electron chi connectivity index (χ2n) is 8.01. The molecule has 1 aliphatic rings. The number of carbonyl (C=O) groups excluding carboxylic acids is 1. The molecule has 1 aromatic carbocycles. The second kappa shape index (κ2) is 9.68. The molecule has 11 heteroatoms. The fourth-order valence-corrected chi connectivity index (χ4v) is 4.71. The van der Waals surface area contributed by atoms with Gasteiger partial charge in [-0.3, -0.25) is 4.79 Å². The zero-order valence-electron chi connectivity index (χ0n) is 17.8. The normalized spacial score (nSPS) is 18.1. The Morgan fingerprint density at radius 3 is 2.58 bits per heavy atom. The van der Waals surface area contributed by atoms with E-state index < -0.39 is 15.4 Å². The third-order valence-corrected chi connectivity index (χ3v) is 6.99. The van der Waals surface area contributed by atoms with Crippen molar-refractivity contribution in [2.75, 3.05) is 23.3 Å². The Labute approximate surface area is 217 Å². The number of benzene rings is 1. The lowest BCUT2D eigenvalue weighted by Crippen LogP contribution is -2.27. The molecular formula is C22H20F2I2N6O. The first-order valence-electron chi connectivity index (χ1n) is 10.2. The maximum absolute atomic E-state index is 14.6. The highest BCUT2D eigenvalue weighted by Crippen LogP contribution is 2.40. The number of hydrogen-bond donors (Lipinski definition) is 1. The summed E-state index contributed by atoms with van der Waals surface area (Å²) in [5, 5.41) is 2.86. The third kappa shape index (κ3) is 5.39. The number of rotatable bonds is 5. The summed E-state index contributed by atoms with van der Waals surface area (Å²) in [5.74, 6) is 0.237. The molecule has 1 amide bonds. The van der Waals surface area contributed by atoms with E-state index >= 15 is 0 Å². The molecule has 3 heterocycles. The van der Waals surface area contributed by atoms with Crippen LogP contribution in [0.15, 0.2) is 36.9 Å². The average Bonchev–Trinajstić information content (AvgIpc) is 3.15. The smallest absolute Gasteiger partial charge is 0.258 e. The maximum Gasteiger partial charge on any atom is 0.258 e. The summed E-state index contributed by atoms with van der Waals surface area (Å²) in [6.45, 7) is 4.46. The van der Waals surface area contributed by atoms with Crippen LogP contribution in [0.25, 0.3) is 11.3 Å². The number of hydrogen-bond acceptors (Lipinski definition) is 6. The first kappa shape index (κ1) is 24.1. The van der Waals surface area contributed by atoms with Crippen LogP contribution in [0.5, 0.6) is 0 Å². The highest BCUT2D eigenvalue weighted by atomic mass is 127. The molecule has 0 bridgehead atoms. The maximum atomic E-state index is 14.6.